The van der Waals surface area contributed by atoms with E-state index in [1.54, 1.807) is 16.8 Å². The first-order chi connectivity index (χ1) is 17.1. The monoisotopic (exact) mass is 467 g/mol. The highest BCUT2D eigenvalue weighted by atomic mass is 19.1. The Balaban J connectivity index is 1.34. The molecule has 0 aliphatic carbocycles. The van der Waals surface area contributed by atoms with Gasteiger partial charge in [0.15, 0.2) is 11.5 Å². The molecule has 2 N–H and O–H groups in total. The van der Waals surface area contributed by atoms with Crippen LogP contribution in [0.2, 0.25) is 0 Å². The molecular weight excluding hydrogens is 449 g/mol. The molecule has 10 heteroatoms. The van der Waals surface area contributed by atoms with Crippen molar-refractivity contribution in [1.82, 2.24) is 35.4 Å². The van der Waals surface area contributed by atoms with Crippen LogP contribution in [0, 0.1) is 5.82 Å². The van der Waals surface area contributed by atoms with Gasteiger partial charge >= 0.3 is 5.91 Å². The van der Waals surface area contributed by atoms with Gasteiger partial charge in [-0.2, -0.15) is 5.10 Å². The molecule has 0 atom stereocenters. The van der Waals surface area contributed by atoms with Gasteiger partial charge in [-0.3, -0.25) is 20.4 Å². The van der Waals surface area contributed by atoms with Gasteiger partial charge in [-0.05, 0) is 30.3 Å². The number of benzene rings is 3. The normalized spacial score (nSPS) is 10.7. The highest BCUT2D eigenvalue weighted by molar-refractivity contribution is 5.96. The van der Waals surface area contributed by atoms with Gasteiger partial charge in [0.25, 0.3) is 5.91 Å². The fourth-order valence-electron chi connectivity index (χ4n) is 3.38. The molecule has 0 fully saturated rings. The third-order valence-corrected chi connectivity index (χ3v) is 5.05. The predicted octanol–water partition coefficient (Wildman–Crippen LogP) is 3.33. The Morgan fingerprint density at radius 2 is 1.40 bits per heavy atom. The standard InChI is InChI=1S/C25H18FN7O2/c26-19-13-7-8-14-21(19)32-16-15-20(30-32)24(34)28-29-25(35)22-27-23(17-9-3-1-4-10-17)33(31-22)18-11-5-2-6-12-18/h1-16H,(H,28,34)(H,29,35). The molecule has 0 bridgehead atoms. The molecule has 0 saturated heterocycles. The van der Waals surface area contributed by atoms with Crippen LogP contribution in [0.5, 0.6) is 0 Å². The van der Waals surface area contributed by atoms with Crippen molar-refractivity contribution in [3.63, 3.8) is 0 Å². The lowest BCUT2D eigenvalue weighted by Crippen LogP contribution is -2.42. The molecule has 0 unspecified atom stereocenters. The van der Waals surface area contributed by atoms with E-state index in [0.29, 0.717) is 5.82 Å². The molecule has 0 aliphatic rings. The molecule has 0 radical (unpaired) electrons. The van der Waals surface area contributed by atoms with E-state index in [2.05, 4.69) is 26.0 Å². The van der Waals surface area contributed by atoms with Crippen molar-refractivity contribution in [2.45, 2.75) is 0 Å². The van der Waals surface area contributed by atoms with Gasteiger partial charge in [0.05, 0.1) is 5.69 Å². The summed E-state index contributed by atoms with van der Waals surface area (Å²) < 4.78 is 16.8. The van der Waals surface area contributed by atoms with Crippen LogP contribution < -0.4 is 10.9 Å². The maximum atomic E-state index is 14.0. The van der Waals surface area contributed by atoms with Crippen LogP contribution in [0.3, 0.4) is 0 Å². The number of nitrogens with one attached hydrogen (secondary N) is 2. The summed E-state index contributed by atoms with van der Waals surface area (Å²) in [4.78, 5) is 29.6. The molecule has 9 nitrogen and oxygen atoms in total. The quantitative estimate of drug-likeness (QED) is 0.386. The predicted molar refractivity (Wildman–Crippen MR) is 125 cm³/mol. The molecule has 5 rings (SSSR count). The number of halogens is 1. The van der Waals surface area contributed by atoms with Gasteiger partial charge in [-0.15, -0.1) is 5.10 Å². The summed E-state index contributed by atoms with van der Waals surface area (Å²) >= 11 is 0. The summed E-state index contributed by atoms with van der Waals surface area (Å²) in [6.07, 6.45) is 1.45. The Kier molecular flexibility index (Phi) is 5.83. The second-order valence-corrected chi connectivity index (χ2v) is 7.38. The van der Waals surface area contributed by atoms with E-state index in [1.807, 2.05) is 60.7 Å². The Bertz CT molecular complexity index is 1440. The maximum Gasteiger partial charge on any atom is 0.309 e. The minimum absolute atomic E-state index is 0.0127. The van der Waals surface area contributed by atoms with E-state index >= 15 is 0 Å². The molecule has 35 heavy (non-hydrogen) atoms. The largest absolute Gasteiger partial charge is 0.309 e. The zero-order valence-corrected chi connectivity index (χ0v) is 18.2. The minimum atomic E-state index is -0.709. The summed E-state index contributed by atoms with van der Waals surface area (Å²) in [5.41, 5.74) is 6.26. The van der Waals surface area contributed by atoms with Crippen LogP contribution in [-0.2, 0) is 0 Å². The SMILES string of the molecule is O=C(NNC(=O)c1nc(-c2ccccc2)n(-c2ccccc2)n1)c1ccn(-c2ccccc2F)n1. The van der Waals surface area contributed by atoms with Gasteiger partial charge in [0.1, 0.15) is 11.5 Å². The van der Waals surface area contributed by atoms with E-state index in [1.165, 1.54) is 29.1 Å². The maximum absolute atomic E-state index is 14.0. The summed E-state index contributed by atoms with van der Waals surface area (Å²) in [5.74, 6) is -1.54. The lowest BCUT2D eigenvalue weighted by atomic mass is 10.2. The number of rotatable bonds is 5. The Morgan fingerprint density at radius 1 is 0.743 bits per heavy atom. The number of amides is 2. The van der Waals surface area contributed by atoms with Crippen LogP contribution in [0.15, 0.2) is 97.2 Å². The van der Waals surface area contributed by atoms with Crippen LogP contribution in [0.25, 0.3) is 22.8 Å². The van der Waals surface area contributed by atoms with Crippen LogP contribution in [0.1, 0.15) is 21.1 Å². The molecule has 3 aromatic carbocycles. The Hall–Kier alpha value is -5.12. The van der Waals surface area contributed by atoms with Gasteiger partial charge in [0, 0.05) is 11.8 Å². The molecule has 2 heterocycles. The van der Waals surface area contributed by atoms with Crippen molar-refractivity contribution in [2.24, 2.45) is 0 Å². The second-order valence-electron chi connectivity index (χ2n) is 7.38. The van der Waals surface area contributed by atoms with E-state index < -0.39 is 17.6 Å². The summed E-state index contributed by atoms with van der Waals surface area (Å²) in [5, 5.41) is 8.41. The van der Waals surface area contributed by atoms with Crippen molar-refractivity contribution >= 4 is 11.8 Å². The lowest BCUT2D eigenvalue weighted by molar-refractivity contribution is 0.0838. The first-order valence-corrected chi connectivity index (χ1v) is 10.6. The number of hydrogen-bond donors (Lipinski definition) is 2. The van der Waals surface area contributed by atoms with Gasteiger partial charge in [-0.1, -0.05) is 60.7 Å². The molecule has 0 saturated carbocycles. The average Bonchev–Trinajstić information content (AvgIpc) is 3.57. The van der Waals surface area contributed by atoms with E-state index in [9.17, 15) is 14.0 Å². The fourth-order valence-corrected chi connectivity index (χ4v) is 3.38. The topological polar surface area (TPSA) is 107 Å². The number of nitrogens with zero attached hydrogens (tertiary/aromatic N) is 5. The second kappa shape index (κ2) is 9.40. The minimum Gasteiger partial charge on any atom is -0.266 e. The number of hydrazine groups is 1. The number of carbonyl (C=O) groups is 2. The summed E-state index contributed by atoms with van der Waals surface area (Å²) in [7, 11) is 0. The van der Waals surface area contributed by atoms with Crippen LogP contribution >= 0.6 is 0 Å². The first kappa shape index (κ1) is 21.7. The van der Waals surface area contributed by atoms with Crippen LogP contribution in [0.4, 0.5) is 4.39 Å². The molecular formula is C25H18FN7O2. The van der Waals surface area contributed by atoms with E-state index in [0.717, 1.165) is 11.3 Å². The van der Waals surface area contributed by atoms with Gasteiger partial charge in [0.2, 0.25) is 5.82 Å². The zero-order chi connectivity index (χ0) is 24.2. The van der Waals surface area contributed by atoms with Gasteiger partial charge in [-0.25, -0.2) is 18.7 Å². The molecule has 5 aromatic rings. The number of para-hydroxylation sites is 2. The molecule has 172 valence electrons. The molecule has 0 spiro atoms. The fraction of sp³-hybridized carbons (Fsp3) is 0. The van der Waals surface area contributed by atoms with Crippen molar-refractivity contribution in [2.75, 3.05) is 0 Å². The molecule has 2 aromatic heterocycles. The third-order valence-electron chi connectivity index (χ3n) is 5.05. The van der Waals surface area contributed by atoms with E-state index in [4.69, 9.17) is 0 Å². The van der Waals surface area contributed by atoms with Crippen molar-refractivity contribution in [1.29, 1.82) is 0 Å². The lowest BCUT2D eigenvalue weighted by Gasteiger charge is -2.05. The van der Waals surface area contributed by atoms with Crippen molar-refractivity contribution < 1.29 is 14.0 Å². The number of aromatic nitrogens is 5. The Labute approximate surface area is 198 Å². The van der Waals surface area contributed by atoms with Crippen LogP contribution in [-0.4, -0.2) is 36.4 Å². The van der Waals surface area contributed by atoms with Crippen molar-refractivity contribution in [3.05, 3.63) is 115 Å². The third kappa shape index (κ3) is 4.53. The molecule has 0 aliphatic heterocycles. The highest BCUT2D eigenvalue weighted by Gasteiger charge is 2.20. The Morgan fingerprint density at radius 3 is 2.14 bits per heavy atom. The zero-order valence-electron chi connectivity index (χ0n) is 18.2. The smallest absolute Gasteiger partial charge is 0.266 e. The van der Waals surface area contributed by atoms with E-state index in [-0.39, 0.29) is 17.2 Å². The highest BCUT2D eigenvalue weighted by Crippen LogP contribution is 2.21. The van der Waals surface area contributed by atoms with Crippen molar-refractivity contribution in [3.8, 4) is 22.8 Å². The summed E-state index contributed by atoms with van der Waals surface area (Å²) in [6.45, 7) is 0. The first-order valence-electron chi connectivity index (χ1n) is 10.6. The average molecular weight is 467 g/mol. The summed E-state index contributed by atoms with van der Waals surface area (Å²) in [6, 6.07) is 26.0. The number of carbonyl (C=O) groups excluding carboxylic acids is 2. The number of hydrogen-bond acceptors (Lipinski definition) is 5. The molecule has 2 amide bonds. The van der Waals surface area contributed by atoms with Gasteiger partial charge < -0.3 is 0 Å².